The Hall–Kier alpha value is -2.78. The summed E-state index contributed by atoms with van der Waals surface area (Å²) in [4.78, 5) is 17.5. The third-order valence-electron chi connectivity index (χ3n) is 5.10. The van der Waals surface area contributed by atoms with Gasteiger partial charge in [-0.25, -0.2) is 12.7 Å². The molecule has 2 aromatic carbocycles. The Morgan fingerprint density at radius 1 is 1.03 bits per heavy atom. The number of carbonyl (C=O) groups excluding carboxylic acids is 1. The zero-order chi connectivity index (χ0) is 22.0. The molecule has 4 rings (SSSR count). The fourth-order valence-electron chi connectivity index (χ4n) is 3.41. The molecule has 1 atom stereocenters. The lowest BCUT2D eigenvalue weighted by Crippen LogP contribution is -2.28. The van der Waals surface area contributed by atoms with Gasteiger partial charge >= 0.3 is 0 Å². The Kier molecular flexibility index (Phi) is 6.06. The first-order chi connectivity index (χ1) is 14.9. The number of Topliss-reactive ketones (excluding diaryl/α,β-unsaturated/α-hetero) is 1. The molecule has 0 radical (unpaired) electrons. The third kappa shape index (κ3) is 4.33. The number of benzene rings is 2. The first-order valence-corrected chi connectivity index (χ1v) is 12.0. The average Bonchev–Trinajstić information content (AvgIpc) is 3.42. The van der Waals surface area contributed by atoms with Gasteiger partial charge in [0.1, 0.15) is 4.21 Å². The van der Waals surface area contributed by atoms with E-state index in [1.807, 2.05) is 54.6 Å². The number of thiophene rings is 1. The van der Waals surface area contributed by atoms with Crippen LogP contribution in [-0.2, 0) is 16.6 Å². The SMILES string of the molecule is CN(C)S(=O)(=O)c1ccc(CN[C@H](C(=O)c2c[nH]c3ccccc23)c2ccccc2)s1. The number of H-pyrrole nitrogens is 1. The van der Waals surface area contributed by atoms with Gasteiger partial charge in [-0.15, -0.1) is 11.3 Å². The normalized spacial score (nSPS) is 13.0. The molecule has 0 saturated heterocycles. The molecule has 0 aliphatic heterocycles. The minimum Gasteiger partial charge on any atom is -0.360 e. The van der Waals surface area contributed by atoms with Crippen LogP contribution in [0.15, 0.2) is 77.1 Å². The minimum absolute atomic E-state index is 0.0404. The molecule has 6 nitrogen and oxygen atoms in total. The van der Waals surface area contributed by atoms with Crippen LogP contribution in [0.5, 0.6) is 0 Å². The monoisotopic (exact) mass is 453 g/mol. The fourth-order valence-corrected chi connectivity index (χ4v) is 5.89. The highest BCUT2D eigenvalue weighted by atomic mass is 32.2. The highest BCUT2D eigenvalue weighted by Gasteiger charge is 2.25. The standard InChI is InChI=1S/C23H23N3O3S2/c1-26(2)31(28,29)21-13-12-17(30-21)14-25-22(16-8-4-3-5-9-16)23(27)19-15-24-20-11-7-6-10-18(19)20/h3-13,15,22,24-25H,14H2,1-2H3/t22-/m0/s1. The third-order valence-corrected chi connectivity index (χ3v) is 8.47. The van der Waals surface area contributed by atoms with Crippen molar-refractivity contribution in [2.75, 3.05) is 14.1 Å². The van der Waals surface area contributed by atoms with Crippen molar-refractivity contribution in [1.82, 2.24) is 14.6 Å². The summed E-state index contributed by atoms with van der Waals surface area (Å²) in [5, 5.41) is 4.22. The molecule has 2 aromatic heterocycles. The van der Waals surface area contributed by atoms with Gasteiger partial charge in [0.15, 0.2) is 5.78 Å². The van der Waals surface area contributed by atoms with Crippen LogP contribution in [0.3, 0.4) is 0 Å². The Morgan fingerprint density at radius 3 is 2.48 bits per heavy atom. The maximum atomic E-state index is 13.5. The Balaban J connectivity index is 1.61. The van der Waals surface area contributed by atoms with E-state index in [1.165, 1.54) is 29.7 Å². The van der Waals surface area contributed by atoms with E-state index < -0.39 is 16.1 Å². The summed E-state index contributed by atoms with van der Waals surface area (Å²) < 4.78 is 26.2. The summed E-state index contributed by atoms with van der Waals surface area (Å²) in [7, 11) is -0.446. The van der Waals surface area contributed by atoms with Crippen LogP contribution in [0.2, 0.25) is 0 Å². The largest absolute Gasteiger partial charge is 0.360 e. The maximum absolute atomic E-state index is 13.5. The van der Waals surface area contributed by atoms with Gasteiger partial charge in [-0.3, -0.25) is 10.1 Å². The molecule has 31 heavy (non-hydrogen) atoms. The van der Waals surface area contributed by atoms with Crippen molar-refractivity contribution in [3.05, 3.63) is 88.9 Å². The molecule has 160 valence electrons. The summed E-state index contributed by atoms with van der Waals surface area (Å²) in [6, 6.07) is 20.1. The van der Waals surface area contributed by atoms with Crippen molar-refractivity contribution >= 4 is 38.0 Å². The lowest BCUT2D eigenvalue weighted by atomic mass is 9.97. The molecule has 0 bridgehead atoms. The van der Waals surface area contributed by atoms with E-state index in [4.69, 9.17) is 0 Å². The number of ketones is 1. The summed E-state index contributed by atoms with van der Waals surface area (Å²) in [6.45, 7) is 0.376. The number of nitrogens with zero attached hydrogens (tertiary/aromatic N) is 1. The number of hydrogen-bond acceptors (Lipinski definition) is 5. The van der Waals surface area contributed by atoms with Crippen LogP contribution >= 0.6 is 11.3 Å². The van der Waals surface area contributed by atoms with E-state index in [1.54, 1.807) is 18.3 Å². The number of para-hydroxylation sites is 1. The van der Waals surface area contributed by atoms with Crippen molar-refractivity contribution in [2.45, 2.75) is 16.8 Å². The number of carbonyl (C=O) groups is 1. The van der Waals surface area contributed by atoms with Crippen molar-refractivity contribution < 1.29 is 13.2 Å². The molecule has 0 aliphatic rings. The molecule has 4 aromatic rings. The number of aromatic nitrogens is 1. The molecular formula is C23H23N3O3S2. The quantitative estimate of drug-likeness (QED) is 0.392. The average molecular weight is 454 g/mol. The van der Waals surface area contributed by atoms with E-state index in [0.717, 1.165) is 21.3 Å². The predicted molar refractivity (Wildman–Crippen MR) is 124 cm³/mol. The van der Waals surface area contributed by atoms with Gasteiger partial charge in [-0.2, -0.15) is 0 Å². The molecule has 0 spiro atoms. The van der Waals surface area contributed by atoms with E-state index >= 15 is 0 Å². The first kappa shape index (κ1) is 21.5. The summed E-state index contributed by atoms with van der Waals surface area (Å²) in [5.74, 6) is -0.0404. The second-order valence-electron chi connectivity index (χ2n) is 7.34. The Bertz CT molecular complexity index is 1310. The van der Waals surface area contributed by atoms with Crippen LogP contribution < -0.4 is 5.32 Å². The van der Waals surface area contributed by atoms with E-state index in [2.05, 4.69) is 10.3 Å². The first-order valence-electron chi connectivity index (χ1n) is 9.78. The molecule has 2 heterocycles. The van der Waals surface area contributed by atoms with Crippen LogP contribution in [-0.4, -0.2) is 37.6 Å². The van der Waals surface area contributed by atoms with Crippen LogP contribution in [0.25, 0.3) is 10.9 Å². The van der Waals surface area contributed by atoms with Crippen LogP contribution in [0.4, 0.5) is 0 Å². The van der Waals surface area contributed by atoms with Crippen LogP contribution in [0, 0.1) is 0 Å². The van der Waals surface area contributed by atoms with Crippen LogP contribution in [0.1, 0.15) is 26.8 Å². The molecular weight excluding hydrogens is 430 g/mol. The summed E-state index contributed by atoms with van der Waals surface area (Å²) in [6.07, 6.45) is 1.75. The molecule has 0 amide bonds. The van der Waals surface area contributed by atoms with Crippen molar-refractivity contribution in [3.8, 4) is 0 Å². The number of aromatic amines is 1. The number of nitrogens with one attached hydrogen (secondary N) is 2. The van der Waals surface area contributed by atoms with Gasteiger partial charge in [0.05, 0.1) is 6.04 Å². The maximum Gasteiger partial charge on any atom is 0.252 e. The topological polar surface area (TPSA) is 82.3 Å². The van der Waals surface area contributed by atoms with E-state index in [9.17, 15) is 13.2 Å². The minimum atomic E-state index is -3.47. The second-order valence-corrected chi connectivity index (χ2v) is 10.9. The molecule has 2 N–H and O–H groups in total. The molecule has 0 saturated carbocycles. The number of fused-ring (bicyclic) bond motifs is 1. The van der Waals surface area contributed by atoms with Gasteiger partial charge in [0, 0.05) is 48.2 Å². The zero-order valence-electron chi connectivity index (χ0n) is 17.2. The highest BCUT2D eigenvalue weighted by molar-refractivity contribution is 7.91. The van der Waals surface area contributed by atoms with Gasteiger partial charge in [0.25, 0.3) is 10.0 Å². The molecule has 0 aliphatic carbocycles. The Labute approximate surface area is 185 Å². The fraction of sp³-hybridized carbons (Fsp3) is 0.174. The van der Waals surface area contributed by atoms with Gasteiger partial charge in [-0.05, 0) is 23.8 Å². The van der Waals surface area contributed by atoms with E-state index in [0.29, 0.717) is 12.1 Å². The van der Waals surface area contributed by atoms with Crippen molar-refractivity contribution in [3.63, 3.8) is 0 Å². The molecule has 0 unspecified atom stereocenters. The lowest BCUT2D eigenvalue weighted by Gasteiger charge is -2.17. The molecule has 0 fully saturated rings. The van der Waals surface area contributed by atoms with Crippen molar-refractivity contribution in [1.29, 1.82) is 0 Å². The smallest absolute Gasteiger partial charge is 0.252 e. The summed E-state index contributed by atoms with van der Waals surface area (Å²) >= 11 is 1.21. The van der Waals surface area contributed by atoms with Crippen molar-refractivity contribution in [2.24, 2.45) is 0 Å². The Morgan fingerprint density at radius 2 is 1.74 bits per heavy atom. The predicted octanol–water partition coefficient (Wildman–Crippen LogP) is 4.19. The lowest BCUT2D eigenvalue weighted by molar-refractivity contribution is 0.0944. The summed E-state index contributed by atoms with van der Waals surface area (Å²) in [5.41, 5.74) is 2.39. The number of hydrogen-bond donors (Lipinski definition) is 2. The number of rotatable bonds is 8. The van der Waals surface area contributed by atoms with E-state index in [-0.39, 0.29) is 9.99 Å². The zero-order valence-corrected chi connectivity index (χ0v) is 18.8. The van der Waals surface area contributed by atoms with Gasteiger partial charge in [-0.1, -0.05) is 48.5 Å². The number of sulfonamides is 1. The molecule has 8 heteroatoms. The second kappa shape index (κ2) is 8.76. The highest BCUT2D eigenvalue weighted by Crippen LogP contribution is 2.27. The van der Waals surface area contributed by atoms with Gasteiger partial charge in [0.2, 0.25) is 0 Å². The van der Waals surface area contributed by atoms with Gasteiger partial charge < -0.3 is 4.98 Å².